The molecule has 0 aromatic heterocycles. The predicted octanol–water partition coefficient (Wildman–Crippen LogP) is 3.72. The van der Waals surface area contributed by atoms with E-state index < -0.39 is 0 Å². The Hall–Kier alpha value is -2.47. The lowest BCUT2D eigenvalue weighted by atomic mass is 10.1. The van der Waals surface area contributed by atoms with Crippen LogP contribution in [0.5, 0.6) is 0 Å². The lowest BCUT2D eigenvalue weighted by Gasteiger charge is -2.14. The van der Waals surface area contributed by atoms with Crippen molar-refractivity contribution < 1.29 is 4.79 Å². The minimum Gasteiger partial charge on any atom is -0.352 e. The third-order valence-electron chi connectivity index (χ3n) is 4.30. The van der Waals surface area contributed by atoms with E-state index in [0.29, 0.717) is 25.2 Å². The number of nitrogens with one attached hydrogen (secondary N) is 3. The monoisotopic (exact) mass is 398 g/mol. The van der Waals surface area contributed by atoms with Crippen molar-refractivity contribution >= 4 is 23.6 Å². The SMILES string of the molecule is CCCNC(=O)c1cccc(CNC(=NC)NCc2ccc(C)cc2SC)c1. The van der Waals surface area contributed by atoms with Gasteiger partial charge in [0.25, 0.3) is 5.91 Å². The molecule has 0 atom stereocenters. The Bertz CT molecular complexity index is 820. The minimum atomic E-state index is -0.0322. The Morgan fingerprint density at radius 2 is 1.86 bits per heavy atom. The van der Waals surface area contributed by atoms with E-state index >= 15 is 0 Å². The number of thioether (sulfide) groups is 1. The molecule has 0 aliphatic heterocycles. The molecule has 2 rings (SSSR count). The van der Waals surface area contributed by atoms with Gasteiger partial charge in [-0.2, -0.15) is 0 Å². The van der Waals surface area contributed by atoms with Crippen LogP contribution in [-0.2, 0) is 13.1 Å². The van der Waals surface area contributed by atoms with Gasteiger partial charge in [0.2, 0.25) is 0 Å². The summed E-state index contributed by atoms with van der Waals surface area (Å²) in [4.78, 5) is 17.7. The highest BCUT2D eigenvalue weighted by molar-refractivity contribution is 7.98. The van der Waals surface area contributed by atoms with Crippen LogP contribution < -0.4 is 16.0 Å². The molecule has 0 spiro atoms. The number of hydrogen-bond donors (Lipinski definition) is 3. The van der Waals surface area contributed by atoms with Gasteiger partial charge in [-0.25, -0.2) is 0 Å². The van der Waals surface area contributed by atoms with Gasteiger partial charge >= 0.3 is 0 Å². The average molecular weight is 399 g/mol. The molecule has 0 heterocycles. The van der Waals surface area contributed by atoms with E-state index in [1.807, 2.05) is 31.2 Å². The van der Waals surface area contributed by atoms with Gasteiger partial charge in [-0.1, -0.05) is 31.2 Å². The molecule has 0 bridgehead atoms. The summed E-state index contributed by atoms with van der Waals surface area (Å²) < 4.78 is 0. The summed E-state index contributed by atoms with van der Waals surface area (Å²) in [7, 11) is 1.76. The third kappa shape index (κ3) is 6.60. The Labute approximate surface area is 172 Å². The molecule has 0 aliphatic rings. The van der Waals surface area contributed by atoms with Crippen LogP contribution >= 0.6 is 11.8 Å². The van der Waals surface area contributed by atoms with Gasteiger partial charge in [-0.3, -0.25) is 9.79 Å². The second kappa shape index (κ2) is 11.4. The van der Waals surface area contributed by atoms with Crippen molar-refractivity contribution in [3.8, 4) is 0 Å². The first-order valence-corrected chi connectivity index (χ1v) is 10.7. The fraction of sp³-hybridized carbons (Fsp3) is 0.364. The van der Waals surface area contributed by atoms with Crippen LogP contribution in [0.3, 0.4) is 0 Å². The summed E-state index contributed by atoms with van der Waals surface area (Å²) in [6.07, 6.45) is 3.02. The van der Waals surface area contributed by atoms with Gasteiger partial charge in [0, 0.05) is 37.1 Å². The largest absolute Gasteiger partial charge is 0.352 e. The van der Waals surface area contributed by atoms with Crippen molar-refractivity contribution in [3.05, 3.63) is 64.7 Å². The Morgan fingerprint density at radius 3 is 2.57 bits per heavy atom. The van der Waals surface area contributed by atoms with E-state index in [4.69, 9.17) is 0 Å². The van der Waals surface area contributed by atoms with Crippen molar-refractivity contribution in [3.63, 3.8) is 0 Å². The van der Waals surface area contributed by atoms with E-state index in [2.05, 4.69) is 52.3 Å². The van der Waals surface area contributed by atoms with E-state index in [1.165, 1.54) is 16.0 Å². The summed E-state index contributed by atoms with van der Waals surface area (Å²) in [5, 5.41) is 9.58. The third-order valence-corrected chi connectivity index (χ3v) is 5.12. The van der Waals surface area contributed by atoms with E-state index in [1.54, 1.807) is 18.8 Å². The molecule has 0 saturated heterocycles. The molecule has 5 nitrogen and oxygen atoms in total. The van der Waals surface area contributed by atoms with Crippen molar-refractivity contribution in [2.24, 2.45) is 4.99 Å². The van der Waals surface area contributed by atoms with Gasteiger partial charge in [0.05, 0.1) is 0 Å². The molecule has 0 radical (unpaired) electrons. The molecule has 0 unspecified atom stereocenters. The molecule has 0 fully saturated rings. The first kappa shape index (κ1) is 21.8. The van der Waals surface area contributed by atoms with Crippen LogP contribution in [-0.4, -0.2) is 31.7 Å². The number of aliphatic imine (C=N–C) groups is 1. The zero-order valence-electron chi connectivity index (χ0n) is 17.1. The standard InChI is InChI=1S/C22H30N4OS/c1-5-11-24-21(27)18-8-6-7-17(13-18)14-25-22(23-3)26-15-19-10-9-16(2)12-20(19)28-4/h6-10,12-13H,5,11,14-15H2,1-4H3,(H,24,27)(H2,23,25,26). The van der Waals surface area contributed by atoms with Crippen LogP contribution in [0.25, 0.3) is 0 Å². The Balaban J connectivity index is 1.93. The van der Waals surface area contributed by atoms with Crippen LogP contribution in [0.4, 0.5) is 0 Å². The van der Waals surface area contributed by atoms with E-state index in [0.717, 1.165) is 17.9 Å². The second-order valence-corrected chi connectivity index (χ2v) is 7.40. The van der Waals surface area contributed by atoms with Crippen LogP contribution in [0.1, 0.15) is 40.4 Å². The number of carbonyl (C=O) groups excluding carboxylic acids is 1. The summed E-state index contributed by atoms with van der Waals surface area (Å²) in [5.41, 5.74) is 4.22. The smallest absolute Gasteiger partial charge is 0.251 e. The predicted molar refractivity (Wildman–Crippen MR) is 119 cm³/mol. The zero-order chi connectivity index (χ0) is 20.4. The molecule has 0 aliphatic carbocycles. The summed E-state index contributed by atoms with van der Waals surface area (Å²) in [5.74, 6) is 0.698. The molecule has 6 heteroatoms. The highest BCUT2D eigenvalue weighted by Gasteiger charge is 2.07. The van der Waals surface area contributed by atoms with Crippen LogP contribution in [0, 0.1) is 6.92 Å². The summed E-state index contributed by atoms with van der Waals surface area (Å²) >= 11 is 1.75. The molecule has 150 valence electrons. The number of amides is 1. The highest BCUT2D eigenvalue weighted by atomic mass is 32.2. The number of carbonyl (C=O) groups is 1. The van der Waals surface area contributed by atoms with Gasteiger partial charge in [0.15, 0.2) is 5.96 Å². The second-order valence-electron chi connectivity index (χ2n) is 6.55. The number of rotatable bonds is 8. The fourth-order valence-electron chi connectivity index (χ4n) is 2.75. The van der Waals surface area contributed by atoms with Crippen molar-refractivity contribution in [1.82, 2.24) is 16.0 Å². The van der Waals surface area contributed by atoms with Crippen LogP contribution in [0.2, 0.25) is 0 Å². The number of guanidine groups is 1. The Morgan fingerprint density at radius 1 is 1.07 bits per heavy atom. The lowest BCUT2D eigenvalue weighted by Crippen LogP contribution is -2.36. The number of benzene rings is 2. The van der Waals surface area contributed by atoms with Crippen molar-refractivity contribution in [1.29, 1.82) is 0 Å². The quantitative estimate of drug-likeness (QED) is 0.360. The maximum atomic E-state index is 12.1. The zero-order valence-corrected chi connectivity index (χ0v) is 18.0. The Kier molecular flexibility index (Phi) is 8.88. The van der Waals surface area contributed by atoms with Crippen molar-refractivity contribution in [2.45, 2.75) is 38.3 Å². The maximum Gasteiger partial charge on any atom is 0.251 e. The van der Waals surface area contributed by atoms with E-state index in [9.17, 15) is 4.79 Å². The molecule has 2 aromatic rings. The van der Waals surface area contributed by atoms with E-state index in [-0.39, 0.29) is 5.91 Å². The minimum absolute atomic E-state index is 0.0322. The molecule has 3 N–H and O–H groups in total. The lowest BCUT2D eigenvalue weighted by molar-refractivity contribution is 0.0953. The van der Waals surface area contributed by atoms with Gasteiger partial charge in [-0.05, 0) is 54.5 Å². The van der Waals surface area contributed by atoms with Gasteiger partial charge in [0.1, 0.15) is 0 Å². The molecule has 2 aromatic carbocycles. The van der Waals surface area contributed by atoms with Crippen LogP contribution in [0.15, 0.2) is 52.4 Å². The first-order valence-electron chi connectivity index (χ1n) is 9.52. The maximum absolute atomic E-state index is 12.1. The number of hydrogen-bond acceptors (Lipinski definition) is 3. The number of aryl methyl sites for hydroxylation is 1. The molecule has 0 saturated carbocycles. The fourth-order valence-corrected chi connectivity index (χ4v) is 3.45. The highest BCUT2D eigenvalue weighted by Crippen LogP contribution is 2.21. The summed E-state index contributed by atoms with van der Waals surface area (Å²) in [6, 6.07) is 14.1. The van der Waals surface area contributed by atoms with Gasteiger partial charge < -0.3 is 16.0 Å². The average Bonchev–Trinajstić information content (AvgIpc) is 2.72. The van der Waals surface area contributed by atoms with Gasteiger partial charge in [-0.15, -0.1) is 11.8 Å². The molecular weight excluding hydrogens is 368 g/mol. The normalized spacial score (nSPS) is 11.2. The van der Waals surface area contributed by atoms with Crippen molar-refractivity contribution in [2.75, 3.05) is 19.8 Å². The first-order chi connectivity index (χ1) is 13.6. The number of nitrogens with zero attached hydrogens (tertiary/aromatic N) is 1. The molecule has 28 heavy (non-hydrogen) atoms. The topological polar surface area (TPSA) is 65.5 Å². The molecule has 1 amide bonds. The molecular formula is C22H30N4OS. The summed E-state index contributed by atoms with van der Waals surface area (Å²) in [6.45, 7) is 6.13.